The van der Waals surface area contributed by atoms with Crippen molar-refractivity contribution in [1.82, 2.24) is 5.32 Å². The Labute approximate surface area is 87.9 Å². The van der Waals surface area contributed by atoms with E-state index in [0.717, 1.165) is 24.1 Å². The van der Waals surface area contributed by atoms with Gasteiger partial charge < -0.3 is 10.2 Å². The Kier molecular flexibility index (Phi) is 2.67. The van der Waals surface area contributed by atoms with Gasteiger partial charge >= 0.3 is 0 Å². The van der Waals surface area contributed by atoms with Crippen LogP contribution in [-0.2, 0) is 16.0 Å². The third kappa shape index (κ3) is 1.83. The number of para-hydroxylation sites is 1. The summed E-state index contributed by atoms with van der Waals surface area (Å²) in [5.41, 5.74) is 2.03. The number of carbonyl (C=O) groups is 2. The average Bonchev–Trinajstić information content (AvgIpc) is 2.28. The second-order valence-corrected chi connectivity index (χ2v) is 3.57. The van der Waals surface area contributed by atoms with Crippen molar-refractivity contribution in [3.63, 3.8) is 0 Å². The molecule has 4 heteroatoms. The van der Waals surface area contributed by atoms with E-state index in [4.69, 9.17) is 0 Å². The Morgan fingerprint density at radius 2 is 2.13 bits per heavy atom. The summed E-state index contributed by atoms with van der Waals surface area (Å²) in [5.74, 6) is 0. The fourth-order valence-electron chi connectivity index (χ4n) is 1.94. The van der Waals surface area contributed by atoms with Crippen LogP contribution in [0.3, 0.4) is 0 Å². The molecule has 0 aliphatic carbocycles. The van der Waals surface area contributed by atoms with Gasteiger partial charge in [0, 0.05) is 12.2 Å². The molecule has 0 spiro atoms. The van der Waals surface area contributed by atoms with Crippen molar-refractivity contribution in [3.8, 4) is 0 Å². The number of amides is 2. The fraction of sp³-hybridized carbons (Fsp3) is 0.273. The minimum absolute atomic E-state index is 0.0163. The van der Waals surface area contributed by atoms with Crippen molar-refractivity contribution < 1.29 is 9.59 Å². The summed E-state index contributed by atoms with van der Waals surface area (Å²) in [6, 6.07) is 7.75. The topological polar surface area (TPSA) is 49.4 Å². The molecule has 78 valence electrons. The molecular formula is C11H12N2O2. The molecule has 0 bridgehead atoms. The molecule has 1 aliphatic rings. The molecule has 1 N–H and O–H groups in total. The predicted octanol–water partition coefficient (Wildman–Crippen LogP) is 0.320. The molecule has 0 saturated heterocycles. The Bertz CT molecular complexity index is 379. The van der Waals surface area contributed by atoms with Gasteiger partial charge in [0.2, 0.25) is 12.8 Å². The molecular weight excluding hydrogens is 192 g/mol. The van der Waals surface area contributed by atoms with E-state index in [1.54, 1.807) is 4.90 Å². The first kappa shape index (κ1) is 9.71. The van der Waals surface area contributed by atoms with Crippen LogP contribution in [-0.4, -0.2) is 25.4 Å². The molecule has 1 aliphatic heterocycles. The van der Waals surface area contributed by atoms with Gasteiger partial charge in [-0.05, 0) is 18.1 Å². The number of hydrogen-bond donors (Lipinski definition) is 1. The van der Waals surface area contributed by atoms with Crippen LogP contribution in [0.25, 0.3) is 0 Å². The van der Waals surface area contributed by atoms with Gasteiger partial charge in [0.15, 0.2) is 0 Å². The van der Waals surface area contributed by atoms with E-state index >= 15 is 0 Å². The number of fused-ring (bicyclic) bond motifs is 1. The second kappa shape index (κ2) is 4.13. The number of rotatable bonds is 3. The van der Waals surface area contributed by atoms with Gasteiger partial charge in [-0.2, -0.15) is 0 Å². The van der Waals surface area contributed by atoms with Gasteiger partial charge in [-0.3, -0.25) is 9.59 Å². The number of benzene rings is 1. The highest BCUT2D eigenvalue weighted by Gasteiger charge is 2.22. The molecule has 2 amide bonds. The predicted molar refractivity (Wildman–Crippen MR) is 56.5 cm³/mol. The van der Waals surface area contributed by atoms with Crippen LogP contribution in [0.1, 0.15) is 5.56 Å². The monoisotopic (exact) mass is 204 g/mol. The molecule has 0 aromatic heterocycles. The standard InChI is InChI=1S/C11H12N2O2/c14-7-12-10-5-9-3-1-2-4-11(9)13(6-10)8-15/h1-4,7-8,10H,5-6H2,(H,12,14). The lowest BCUT2D eigenvalue weighted by Crippen LogP contribution is -2.45. The Morgan fingerprint density at radius 3 is 2.87 bits per heavy atom. The molecule has 1 atom stereocenters. The van der Waals surface area contributed by atoms with Gasteiger partial charge in [0.05, 0.1) is 6.04 Å². The highest BCUT2D eigenvalue weighted by Crippen LogP contribution is 2.25. The average molecular weight is 204 g/mol. The first-order valence-corrected chi connectivity index (χ1v) is 4.84. The number of carbonyl (C=O) groups excluding carboxylic acids is 2. The van der Waals surface area contributed by atoms with E-state index < -0.39 is 0 Å². The second-order valence-electron chi connectivity index (χ2n) is 3.57. The summed E-state index contributed by atoms with van der Waals surface area (Å²) in [5, 5.41) is 2.71. The lowest BCUT2D eigenvalue weighted by molar-refractivity contribution is -0.111. The molecule has 2 rings (SSSR count). The zero-order valence-corrected chi connectivity index (χ0v) is 8.22. The lowest BCUT2D eigenvalue weighted by atomic mass is 9.98. The minimum atomic E-state index is 0.0163. The normalized spacial score (nSPS) is 19.2. The summed E-state index contributed by atoms with van der Waals surface area (Å²) in [6.07, 6.45) is 2.26. The summed E-state index contributed by atoms with van der Waals surface area (Å²) in [6.45, 7) is 0.541. The third-order valence-electron chi connectivity index (χ3n) is 2.62. The van der Waals surface area contributed by atoms with Gasteiger partial charge in [-0.15, -0.1) is 0 Å². The quantitative estimate of drug-likeness (QED) is 0.721. The number of hydrogen-bond acceptors (Lipinski definition) is 2. The van der Waals surface area contributed by atoms with Crippen LogP contribution >= 0.6 is 0 Å². The van der Waals surface area contributed by atoms with Crippen LogP contribution in [0, 0.1) is 0 Å². The van der Waals surface area contributed by atoms with Gasteiger partial charge in [-0.1, -0.05) is 18.2 Å². The molecule has 0 saturated carbocycles. The highest BCUT2D eigenvalue weighted by molar-refractivity contribution is 5.78. The van der Waals surface area contributed by atoms with E-state index in [-0.39, 0.29) is 6.04 Å². The maximum absolute atomic E-state index is 10.9. The lowest BCUT2D eigenvalue weighted by Gasteiger charge is -2.31. The van der Waals surface area contributed by atoms with Crippen LogP contribution < -0.4 is 10.2 Å². The Morgan fingerprint density at radius 1 is 1.33 bits per heavy atom. The minimum Gasteiger partial charge on any atom is -0.354 e. The van der Waals surface area contributed by atoms with E-state index in [2.05, 4.69) is 5.32 Å². The van der Waals surface area contributed by atoms with Crippen LogP contribution in [0.4, 0.5) is 5.69 Å². The zero-order valence-electron chi connectivity index (χ0n) is 8.22. The number of anilines is 1. The number of nitrogens with zero attached hydrogens (tertiary/aromatic N) is 1. The molecule has 15 heavy (non-hydrogen) atoms. The fourth-order valence-corrected chi connectivity index (χ4v) is 1.94. The smallest absolute Gasteiger partial charge is 0.214 e. The summed E-state index contributed by atoms with van der Waals surface area (Å²) in [7, 11) is 0. The van der Waals surface area contributed by atoms with Crippen molar-refractivity contribution in [3.05, 3.63) is 29.8 Å². The first-order valence-electron chi connectivity index (χ1n) is 4.84. The molecule has 1 heterocycles. The van der Waals surface area contributed by atoms with Crippen molar-refractivity contribution >= 4 is 18.5 Å². The molecule has 1 aromatic carbocycles. The molecule has 0 radical (unpaired) electrons. The van der Waals surface area contributed by atoms with Crippen molar-refractivity contribution in [2.75, 3.05) is 11.4 Å². The van der Waals surface area contributed by atoms with E-state index in [1.807, 2.05) is 24.3 Å². The maximum atomic E-state index is 10.9. The molecule has 1 aromatic rings. The zero-order chi connectivity index (χ0) is 10.7. The first-order chi connectivity index (χ1) is 7.35. The van der Waals surface area contributed by atoms with Gasteiger partial charge in [0.1, 0.15) is 0 Å². The number of nitrogens with one attached hydrogen (secondary N) is 1. The van der Waals surface area contributed by atoms with Crippen molar-refractivity contribution in [2.24, 2.45) is 0 Å². The van der Waals surface area contributed by atoms with Crippen molar-refractivity contribution in [2.45, 2.75) is 12.5 Å². The summed E-state index contributed by atoms with van der Waals surface area (Å²) in [4.78, 5) is 22.9. The van der Waals surface area contributed by atoms with Gasteiger partial charge in [-0.25, -0.2) is 0 Å². The SMILES string of the molecule is O=CNC1Cc2ccccc2N(C=O)C1. The maximum Gasteiger partial charge on any atom is 0.214 e. The Hall–Kier alpha value is -1.84. The van der Waals surface area contributed by atoms with Gasteiger partial charge in [0.25, 0.3) is 0 Å². The van der Waals surface area contributed by atoms with Crippen LogP contribution in [0.5, 0.6) is 0 Å². The summed E-state index contributed by atoms with van der Waals surface area (Å²) >= 11 is 0. The Balaban J connectivity index is 2.29. The van der Waals surface area contributed by atoms with E-state index in [0.29, 0.717) is 13.0 Å². The largest absolute Gasteiger partial charge is 0.354 e. The molecule has 4 nitrogen and oxygen atoms in total. The van der Waals surface area contributed by atoms with E-state index in [1.165, 1.54) is 0 Å². The van der Waals surface area contributed by atoms with E-state index in [9.17, 15) is 9.59 Å². The summed E-state index contributed by atoms with van der Waals surface area (Å²) < 4.78 is 0. The molecule has 1 unspecified atom stereocenters. The third-order valence-corrected chi connectivity index (χ3v) is 2.62. The highest BCUT2D eigenvalue weighted by atomic mass is 16.1. The van der Waals surface area contributed by atoms with Crippen molar-refractivity contribution in [1.29, 1.82) is 0 Å². The van der Waals surface area contributed by atoms with Crippen LogP contribution in [0.15, 0.2) is 24.3 Å². The van der Waals surface area contributed by atoms with Crippen LogP contribution in [0.2, 0.25) is 0 Å². The molecule has 0 fully saturated rings.